The van der Waals surface area contributed by atoms with E-state index in [9.17, 15) is 4.79 Å². The second kappa shape index (κ2) is 7.12. The number of hydrogen-bond donors (Lipinski definition) is 0. The molecule has 2 aromatic rings. The van der Waals surface area contributed by atoms with E-state index >= 15 is 0 Å². The van der Waals surface area contributed by atoms with Gasteiger partial charge in [0.2, 0.25) is 0 Å². The molecule has 1 heterocycles. The molecule has 0 N–H and O–H groups in total. The molecule has 0 fully saturated rings. The number of pyridine rings is 1. The highest BCUT2D eigenvalue weighted by atomic mass is 35.5. The number of nitriles is 1. The Morgan fingerprint density at radius 2 is 2.00 bits per heavy atom. The van der Waals surface area contributed by atoms with Crippen LogP contribution in [0.5, 0.6) is 5.75 Å². The number of aryl methyl sites for hydroxylation is 1. The van der Waals surface area contributed by atoms with Crippen molar-refractivity contribution in [3.05, 3.63) is 46.6 Å². The average molecular weight is 331 g/mol. The number of benzene rings is 1. The minimum Gasteiger partial charge on any atom is -0.479 e. The van der Waals surface area contributed by atoms with E-state index < -0.39 is 12.1 Å². The number of aromatic nitrogens is 1. The van der Waals surface area contributed by atoms with Crippen molar-refractivity contribution >= 4 is 17.6 Å². The summed E-state index contributed by atoms with van der Waals surface area (Å²) in [5.74, 6) is 0.0923. The summed E-state index contributed by atoms with van der Waals surface area (Å²) in [6, 6.07) is 10.7. The molecule has 0 aliphatic carbocycles. The van der Waals surface area contributed by atoms with Crippen LogP contribution in [0.4, 0.5) is 0 Å². The summed E-state index contributed by atoms with van der Waals surface area (Å²) in [6.07, 6.45) is -0.690. The lowest BCUT2D eigenvalue weighted by Crippen LogP contribution is -2.24. The van der Waals surface area contributed by atoms with Crippen molar-refractivity contribution in [2.24, 2.45) is 0 Å². The number of carbonyl (C=O) groups excluding carboxylic acids is 1. The molecule has 0 aliphatic heterocycles. The van der Waals surface area contributed by atoms with E-state index in [4.69, 9.17) is 21.6 Å². The monoisotopic (exact) mass is 330 g/mol. The van der Waals surface area contributed by atoms with Gasteiger partial charge in [0, 0.05) is 5.56 Å². The first kappa shape index (κ1) is 16.8. The van der Waals surface area contributed by atoms with Gasteiger partial charge in [-0.25, -0.2) is 4.79 Å². The van der Waals surface area contributed by atoms with Gasteiger partial charge in [-0.05, 0) is 44.2 Å². The minimum absolute atomic E-state index is 0.406. The molecule has 0 radical (unpaired) electrons. The van der Waals surface area contributed by atoms with Gasteiger partial charge >= 0.3 is 5.97 Å². The number of methoxy groups -OCH3 is 1. The highest BCUT2D eigenvalue weighted by molar-refractivity contribution is 6.33. The van der Waals surface area contributed by atoms with Crippen LogP contribution in [-0.4, -0.2) is 24.2 Å². The lowest BCUT2D eigenvalue weighted by molar-refractivity contribution is -0.147. The summed E-state index contributed by atoms with van der Waals surface area (Å²) in [5.41, 5.74) is 2.45. The zero-order chi connectivity index (χ0) is 17.0. The smallest absolute Gasteiger partial charge is 0.346 e. The topological polar surface area (TPSA) is 72.2 Å². The van der Waals surface area contributed by atoms with E-state index in [0.29, 0.717) is 27.7 Å². The Morgan fingerprint density at radius 1 is 1.35 bits per heavy atom. The molecule has 1 aromatic heterocycles. The molecule has 1 atom stereocenters. The number of nitrogens with zero attached hydrogens (tertiary/aromatic N) is 2. The molecule has 0 saturated carbocycles. The molecule has 5 nitrogen and oxygen atoms in total. The van der Waals surface area contributed by atoms with Crippen LogP contribution >= 0.6 is 11.6 Å². The molecule has 0 aliphatic rings. The summed E-state index contributed by atoms with van der Waals surface area (Å²) in [6.45, 7) is 3.37. The fourth-order valence-electron chi connectivity index (χ4n) is 2.01. The Kier molecular flexibility index (Phi) is 5.20. The lowest BCUT2D eigenvalue weighted by atomic mass is 10.1. The van der Waals surface area contributed by atoms with Crippen LogP contribution in [0, 0.1) is 18.3 Å². The quantitative estimate of drug-likeness (QED) is 0.802. The number of hydrogen-bond acceptors (Lipinski definition) is 5. The number of esters is 1. The first-order chi connectivity index (χ1) is 11.0. The number of rotatable bonds is 4. The van der Waals surface area contributed by atoms with E-state index in [1.54, 1.807) is 44.2 Å². The van der Waals surface area contributed by atoms with Crippen LogP contribution in [0.25, 0.3) is 11.3 Å². The molecule has 1 unspecified atom stereocenters. The molecule has 0 bridgehead atoms. The fourth-order valence-corrected chi connectivity index (χ4v) is 2.27. The van der Waals surface area contributed by atoms with E-state index in [2.05, 4.69) is 15.8 Å². The molecule has 0 saturated heterocycles. The summed E-state index contributed by atoms with van der Waals surface area (Å²) in [4.78, 5) is 15.7. The second-order valence-corrected chi connectivity index (χ2v) is 5.28. The summed E-state index contributed by atoms with van der Waals surface area (Å²) in [7, 11) is 1.31. The third-order valence-corrected chi connectivity index (χ3v) is 3.55. The van der Waals surface area contributed by atoms with Crippen LogP contribution < -0.4 is 4.74 Å². The van der Waals surface area contributed by atoms with Gasteiger partial charge in [-0.15, -0.1) is 0 Å². The first-order valence-electron chi connectivity index (χ1n) is 6.88. The Bertz CT molecular complexity index is 767. The SMILES string of the molecule is COC(=O)C(C)Oc1ccc(-c2nc(C)c(C#N)cc2Cl)cc1. The van der Waals surface area contributed by atoms with Crippen molar-refractivity contribution in [2.75, 3.05) is 7.11 Å². The maximum Gasteiger partial charge on any atom is 0.346 e. The second-order valence-electron chi connectivity index (χ2n) is 4.87. The standard InChI is InChI=1S/C17H15ClN2O3/c1-10-13(9-19)8-15(18)16(20-10)12-4-6-14(7-5-12)23-11(2)17(21)22-3/h4-8,11H,1-3H3. The van der Waals surface area contributed by atoms with Crippen molar-refractivity contribution in [1.29, 1.82) is 5.26 Å². The third-order valence-electron chi connectivity index (χ3n) is 3.26. The Balaban J connectivity index is 2.25. The average Bonchev–Trinajstić information content (AvgIpc) is 2.56. The summed E-state index contributed by atoms with van der Waals surface area (Å²) in [5, 5.41) is 9.39. The van der Waals surface area contributed by atoms with Crippen LogP contribution in [0.2, 0.25) is 5.02 Å². The molecule has 6 heteroatoms. The Labute approximate surface area is 139 Å². The zero-order valence-electron chi connectivity index (χ0n) is 13.0. The highest BCUT2D eigenvalue weighted by Gasteiger charge is 2.15. The third kappa shape index (κ3) is 3.79. The molecular formula is C17H15ClN2O3. The van der Waals surface area contributed by atoms with E-state index in [0.717, 1.165) is 5.56 Å². The van der Waals surface area contributed by atoms with Gasteiger partial charge in [-0.3, -0.25) is 4.98 Å². The van der Waals surface area contributed by atoms with E-state index in [1.807, 2.05) is 0 Å². The van der Waals surface area contributed by atoms with E-state index in [-0.39, 0.29) is 0 Å². The molecule has 23 heavy (non-hydrogen) atoms. The highest BCUT2D eigenvalue weighted by Crippen LogP contribution is 2.29. The van der Waals surface area contributed by atoms with Crippen molar-refractivity contribution in [3.8, 4) is 23.1 Å². The predicted octanol–water partition coefficient (Wildman–Crippen LogP) is 3.52. The molecular weight excluding hydrogens is 316 g/mol. The van der Waals surface area contributed by atoms with Crippen LogP contribution in [-0.2, 0) is 9.53 Å². The van der Waals surface area contributed by atoms with Crippen molar-refractivity contribution in [3.63, 3.8) is 0 Å². The molecule has 2 rings (SSSR count). The van der Waals surface area contributed by atoms with Gasteiger partial charge in [-0.2, -0.15) is 5.26 Å². The van der Waals surface area contributed by atoms with Gasteiger partial charge in [0.05, 0.1) is 29.1 Å². The number of carbonyl (C=O) groups is 1. The molecule has 0 amide bonds. The zero-order valence-corrected chi connectivity index (χ0v) is 13.7. The van der Waals surface area contributed by atoms with Crippen molar-refractivity contribution in [1.82, 2.24) is 4.98 Å². The first-order valence-corrected chi connectivity index (χ1v) is 7.26. The molecule has 0 spiro atoms. The molecule has 1 aromatic carbocycles. The van der Waals surface area contributed by atoms with Gasteiger partial charge < -0.3 is 9.47 Å². The van der Waals surface area contributed by atoms with Gasteiger partial charge in [0.15, 0.2) is 6.10 Å². The summed E-state index contributed by atoms with van der Waals surface area (Å²) >= 11 is 6.19. The van der Waals surface area contributed by atoms with Gasteiger partial charge in [0.25, 0.3) is 0 Å². The Hall–Kier alpha value is -2.58. The minimum atomic E-state index is -0.690. The van der Waals surface area contributed by atoms with Crippen molar-refractivity contribution in [2.45, 2.75) is 20.0 Å². The summed E-state index contributed by atoms with van der Waals surface area (Å²) < 4.78 is 10.1. The largest absolute Gasteiger partial charge is 0.479 e. The fraction of sp³-hybridized carbons (Fsp3) is 0.235. The van der Waals surface area contributed by atoms with E-state index in [1.165, 1.54) is 7.11 Å². The normalized spacial score (nSPS) is 11.4. The Morgan fingerprint density at radius 3 is 2.57 bits per heavy atom. The lowest BCUT2D eigenvalue weighted by Gasteiger charge is -2.13. The molecule has 118 valence electrons. The number of halogens is 1. The number of ether oxygens (including phenoxy) is 2. The van der Waals surface area contributed by atoms with Crippen LogP contribution in [0.3, 0.4) is 0 Å². The van der Waals surface area contributed by atoms with Crippen LogP contribution in [0.15, 0.2) is 30.3 Å². The maximum absolute atomic E-state index is 11.3. The predicted molar refractivity (Wildman–Crippen MR) is 86.2 cm³/mol. The van der Waals surface area contributed by atoms with Crippen LogP contribution in [0.1, 0.15) is 18.2 Å². The van der Waals surface area contributed by atoms with Gasteiger partial charge in [-0.1, -0.05) is 11.6 Å². The van der Waals surface area contributed by atoms with Crippen molar-refractivity contribution < 1.29 is 14.3 Å². The van der Waals surface area contributed by atoms with Gasteiger partial charge in [0.1, 0.15) is 11.8 Å². The maximum atomic E-state index is 11.3.